The lowest BCUT2D eigenvalue weighted by Crippen LogP contribution is -2.01. The maximum Gasteiger partial charge on any atom is 0.164 e. The zero-order valence-corrected chi connectivity index (χ0v) is 39.8. The summed E-state index contributed by atoms with van der Waals surface area (Å²) in [5, 5.41) is 6.70. The SMILES string of the molecule is CCC.c1ccc(-c2nc(-c3ccccc3)nc(-c3cccc(-n4c5ccc(-c6cccc7c6oc6ccccc67)cc5c5cccc(-c6cccc(-c7cccc8c7oc7ccccc78)c6)c54)c3)n2)cc1. The molecule has 0 aliphatic heterocycles. The summed E-state index contributed by atoms with van der Waals surface area (Å²) in [5.41, 5.74) is 15.9. The highest BCUT2D eigenvalue weighted by Crippen LogP contribution is 2.44. The lowest BCUT2D eigenvalue weighted by atomic mass is 9.96. The number of nitrogens with zero attached hydrogens (tertiary/aromatic N) is 4. The molecule has 6 heteroatoms. The van der Waals surface area contributed by atoms with Crippen molar-refractivity contribution in [3.63, 3.8) is 0 Å². The number of fused-ring (bicyclic) bond motifs is 9. The van der Waals surface area contributed by atoms with Gasteiger partial charge in [-0.25, -0.2) is 15.0 Å². The Balaban J connectivity index is 0.00000164. The summed E-state index contributed by atoms with van der Waals surface area (Å²) in [7, 11) is 0. The minimum atomic E-state index is 0.597. The molecular formula is C66H46N4O2. The first-order valence-corrected chi connectivity index (χ1v) is 24.6. The maximum atomic E-state index is 6.58. The molecule has 4 heterocycles. The summed E-state index contributed by atoms with van der Waals surface area (Å²) in [5.74, 6) is 1.84. The average Bonchev–Trinajstić information content (AvgIpc) is 4.13. The van der Waals surface area contributed by atoms with Gasteiger partial charge in [0.15, 0.2) is 17.5 Å². The van der Waals surface area contributed by atoms with Gasteiger partial charge in [-0.1, -0.05) is 208 Å². The quantitative estimate of drug-likeness (QED) is 0.159. The fourth-order valence-corrected chi connectivity index (χ4v) is 10.3. The van der Waals surface area contributed by atoms with Crippen molar-refractivity contribution in [2.24, 2.45) is 0 Å². The molecule has 0 radical (unpaired) electrons. The van der Waals surface area contributed by atoms with E-state index >= 15 is 0 Å². The first kappa shape index (κ1) is 42.7. The third kappa shape index (κ3) is 7.31. The zero-order valence-electron chi connectivity index (χ0n) is 39.8. The van der Waals surface area contributed by atoms with Gasteiger partial charge in [-0.05, 0) is 59.2 Å². The summed E-state index contributed by atoms with van der Waals surface area (Å²) in [6, 6.07) is 80.5. The van der Waals surface area contributed by atoms with Crippen molar-refractivity contribution in [2.75, 3.05) is 0 Å². The third-order valence-corrected chi connectivity index (χ3v) is 13.5. The van der Waals surface area contributed by atoms with Crippen molar-refractivity contribution in [1.82, 2.24) is 19.5 Å². The first-order valence-electron chi connectivity index (χ1n) is 24.6. The predicted molar refractivity (Wildman–Crippen MR) is 297 cm³/mol. The Hall–Kier alpha value is -9.39. The van der Waals surface area contributed by atoms with Crippen LogP contribution in [0.4, 0.5) is 0 Å². The Morgan fingerprint density at radius 1 is 0.333 bits per heavy atom. The van der Waals surface area contributed by atoms with Crippen LogP contribution in [0.3, 0.4) is 0 Å². The molecule has 0 saturated carbocycles. The summed E-state index contributed by atoms with van der Waals surface area (Å²) in [6.07, 6.45) is 1.25. The highest BCUT2D eigenvalue weighted by molar-refractivity contribution is 6.16. The van der Waals surface area contributed by atoms with Crippen LogP contribution in [0, 0.1) is 0 Å². The van der Waals surface area contributed by atoms with Crippen molar-refractivity contribution in [1.29, 1.82) is 0 Å². The van der Waals surface area contributed by atoms with E-state index in [-0.39, 0.29) is 0 Å². The van der Waals surface area contributed by atoms with Gasteiger partial charge in [-0.2, -0.15) is 0 Å². The van der Waals surface area contributed by atoms with Gasteiger partial charge in [-0.3, -0.25) is 0 Å². The molecule has 14 aromatic rings. The Kier molecular flexibility index (Phi) is 10.6. The number of aromatic nitrogens is 4. The molecule has 6 nitrogen and oxygen atoms in total. The fraction of sp³-hybridized carbons (Fsp3) is 0.0455. The predicted octanol–water partition coefficient (Wildman–Crippen LogP) is 18.2. The highest BCUT2D eigenvalue weighted by atomic mass is 16.3. The van der Waals surface area contributed by atoms with Gasteiger partial charge in [0, 0.05) is 71.4 Å². The Labute approximate surface area is 416 Å². The van der Waals surface area contributed by atoms with Crippen molar-refractivity contribution in [3.05, 3.63) is 231 Å². The number of para-hydroxylation sites is 5. The van der Waals surface area contributed by atoms with Gasteiger partial charge in [0.1, 0.15) is 22.3 Å². The number of benzene rings is 10. The highest BCUT2D eigenvalue weighted by Gasteiger charge is 2.21. The van der Waals surface area contributed by atoms with Gasteiger partial charge in [-0.15, -0.1) is 0 Å². The number of hydrogen-bond donors (Lipinski definition) is 0. The molecule has 0 aliphatic rings. The van der Waals surface area contributed by atoms with Gasteiger partial charge in [0.2, 0.25) is 0 Å². The van der Waals surface area contributed by atoms with Crippen molar-refractivity contribution in [2.45, 2.75) is 20.3 Å². The molecule has 0 N–H and O–H groups in total. The largest absolute Gasteiger partial charge is 0.455 e. The van der Waals surface area contributed by atoms with Crippen LogP contribution in [-0.2, 0) is 0 Å². The van der Waals surface area contributed by atoms with Crippen molar-refractivity contribution < 1.29 is 8.83 Å². The normalized spacial score (nSPS) is 11.5. The fourth-order valence-electron chi connectivity index (χ4n) is 10.3. The van der Waals surface area contributed by atoms with Crippen LogP contribution in [0.25, 0.3) is 139 Å². The van der Waals surface area contributed by atoms with E-state index in [1.807, 2.05) is 84.9 Å². The Morgan fingerprint density at radius 2 is 0.764 bits per heavy atom. The third-order valence-electron chi connectivity index (χ3n) is 13.5. The van der Waals surface area contributed by atoms with Crippen molar-refractivity contribution >= 4 is 65.7 Å². The standard InChI is InChI=1S/C63H38N4O2.C3H8/c1-3-16-39(17-4-1)61-64-62(40-18-5-2-6-19-40)66-63(65-61)44-22-12-23-45(37-44)67-55-35-34-43(48-28-15-31-53-50-25-8-10-33-57(50)69-60(48)53)38-54(55)51-29-13-26-46(58(51)67)41-20-11-21-42(36-41)47-27-14-30-52-49-24-7-9-32-56(49)68-59(47)52;1-3-2/h1-38H;3H2,1-2H3. The van der Waals surface area contributed by atoms with Crippen LogP contribution < -0.4 is 0 Å². The van der Waals surface area contributed by atoms with Crippen LogP contribution in [0.5, 0.6) is 0 Å². The van der Waals surface area contributed by atoms with Gasteiger partial charge in [0.25, 0.3) is 0 Å². The minimum absolute atomic E-state index is 0.597. The van der Waals surface area contributed by atoms with Crippen molar-refractivity contribution in [3.8, 4) is 73.2 Å². The smallest absolute Gasteiger partial charge is 0.164 e. The van der Waals surface area contributed by atoms with Gasteiger partial charge >= 0.3 is 0 Å². The van der Waals surface area contributed by atoms with Crippen LogP contribution >= 0.6 is 0 Å². The summed E-state index contributed by atoms with van der Waals surface area (Å²) >= 11 is 0. The molecule has 0 amide bonds. The van der Waals surface area contributed by atoms with Crippen LogP contribution in [0.15, 0.2) is 239 Å². The minimum Gasteiger partial charge on any atom is -0.455 e. The molecule has 72 heavy (non-hydrogen) atoms. The molecular weight excluding hydrogens is 881 g/mol. The molecule has 0 fully saturated rings. The van der Waals surface area contributed by atoms with Crippen LogP contribution in [0.1, 0.15) is 20.3 Å². The second-order valence-electron chi connectivity index (χ2n) is 18.2. The van der Waals surface area contributed by atoms with Gasteiger partial charge < -0.3 is 13.4 Å². The van der Waals surface area contributed by atoms with E-state index in [9.17, 15) is 0 Å². The maximum absolute atomic E-state index is 6.58. The second kappa shape index (κ2) is 17.8. The summed E-state index contributed by atoms with van der Waals surface area (Å²) in [6.45, 7) is 4.25. The molecule has 0 unspecified atom stereocenters. The molecule has 4 aromatic heterocycles. The monoisotopic (exact) mass is 926 g/mol. The Bertz CT molecular complexity index is 4280. The summed E-state index contributed by atoms with van der Waals surface area (Å²) in [4.78, 5) is 15.2. The molecule has 0 atom stereocenters. The molecule has 0 bridgehead atoms. The number of furan rings is 2. The second-order valence-corrected chi connectivity index (χ2v) is 18.2. The molecule has 0 spiro atoms. The topological polar surface area (TPSA) is 69.9 Å². The first-order chi connectivity index (χ1) is 35.6. The lowest BCUT2D eigenvalue weighted by molar-refractivity contribution is 0.669. The van der Waals surface area contributed by atoms with E-state index in [0.717, 1.165) is 121 Å². The van der Waals surface area contributed by atoms with E-state index in [0.29, 0.717) is 17.5 Å². The van der Waals surface area contributed by atoms with Gasteiger partial charge in [0.05, 0.1) is 11.0 Å². The number of rotatable bonds is 7. The van der Waals surface area contributed by atoms with E-state index in [1.165, 1.54) is 6.42 Å². The average molecular weight is 927 g/mol. The van der Waals surface area contributed by atoms with Crippen LogP contribution in [-0.4, -0.2) is 19.5 Å². The molecule has 0 aliphatic carbocycles. The number of hydrogen-bond acceptors (Lipinski definition) is 5. The van der Waals surface area contributed by atoms with E-state index in [4.69, 9.17) is 23.8 Å². The lowest BCUT2D eigenvalue weighted by Gasteiger charge is -2.14. The molecule has 10 aromatic carbocycles. The zero-order chi connectivity index (χ0) is 48.1. The summed E-state index contributed by atoms with van der Waals surface area (Å²) < 4.78 is 15.5. The molecule has 0 saturated heterocycles. The molecule has 14 rings (SSSR count). The Morgan fingerprint density at radius 3 is 1.36 bits per heavy atom. The van der Waals surface area contributed by atoms with E-state index < -0.39 is 0 Å². The van der Waals surface area contributed by atoms with E-state index in [1.54, 1.807) is 0 Å². The molecule has 342 valence electrons. The van der Waals surface area contributed by atoms with Crippen LogP contribution in [0.2, 0.25) is 0 Å². The van der Waals surface area contributed by atoms with E-state index in [2.05, 4.69) is 164 Å².